The minimum Gasteiger partial charge on any atom is -0.356 e. The fraction of sp³-hybridized carbons (Fsp3) is 0.421. The first kappa shape index (κ1) is 15.1. The molecule has 0 unspecified atom stereocenters. The third-order valence-corrected chi connectivity index (χ3v) is 4.79. The molecule has 2 aliphatic rings. The van der Waals surface area contributed by atoms with Gasteiger partial charge in [-0.05, 0) is 25.7 Å². The van der Waals surface area contributed by atoms with Gasteiger partial charge in [-0.1, -0.05) is 30.3 Å². The maximum absolute atomic E-state index is 12.8. The van der Waals surface area contributed by atoms with Crippen LogP contribution in [0.1, 0.15) is 36.2 Å². The van der Waals surface area contributed by atoms with Crippen molar-refractivity contribution >= 4 is 11.7 Å². The van der Waals surface area contributed by atoms with Crippen molar-refractivity contribution in [1.29, 1.82) is 0 Å². The van der Waals surface area contributed by atoms with Crippen LogP contribution in [0, 0.1) is 0 Å². The Morgan fingerprint density at radius 2 is 1.54 bits per heavy atom. The van der Waals surface area contributed by atoms with Crippen molar-refractivity contribution in [1.82, 2.24) is 14.9 Å². The lowest BCUT2D eigenvalue weighted by atomic mass is 10.2. The number of anilines is 1. The first-order chi connectivity index (χ1) is 11.8. The van der Waals surface area contributed by atoms with Gasteiger partial charge in [0.15, 0.2) is 5.82 Å². The summed E-state index contributed by atoms with van der Waals surface area (Å²) >= 11 is 0. The number of likely N-dealkylation sites (tertiary alicyclic amines) is 1. The van der Waals surface area contributed by atoms with Gasteiger partial charge in [-0.25, -0.2) is 9.97 Å². The first-order valence-electron chi connectivity index (χ1n) is 8.80. The fourth-order valence-electron chi connectivity index (χ4n) is 3.45. The standard InChI is InChI=1S/C19H22N4O/c24-19(23-12-6-7-13-23)16-14-17(22-10-4-5-11-22)21-18(20-16)15-8-2-1-3-9-15/h1-3,8-9,14H,4-7,10-13H2. The summed E-state index contributed by atoms with van der Waals surface area (Å²) in [6.45, 7) is 3.68. The largest absolute Gasteiger partial charge is 0.356 e. The van der Waals surface area contributed by atoms with E-state index in [0.29, 0.717) is 11.5 Å². The second-order valence-electron chi connectivity index (χ2n) is 6.49. The quantitative estimate of drug-likeness (QED) is 0.872. The van der Waals surface area contributed by atoms with E-state index < -0.39 is 0 Å². The van der Waals surface area contributed by atoms with Gasteiger partial charge in [0.1, 0.15) is 11.5 Å². The molecule has 0 spiro atoms. The van der Waals surface area contributed by atoms with Crippen molar-refractivity contribution in [3.63, 3.8) is 0 Å². The first-order valence-corrected chi connectivity index (χ1v) is 8.80. The maximum atomic E-state index is 12.8. The highest BCUT2D eigenvalue weighted by atomic mass is 16.2. The maximum Gasteiger partial charge on any atom is 0.272 e. The van der Waals surface area contributed by atoms with Crippen LogP contribution in [0.15, 0.2) is 36.4 Å². The van der Waals surface area contributed by atoms with E-state index in [4.69, 9.17) is 4.98 Å². The summed E-state index contributed by atoms with van der Waals surface area (Å²) in [7, 11) is 0. The summed E-state index contributed by atoms with van der Waals surface area (Å²) in [6.07, 6.45) is 4.53. The van der Waals surface area contributed by atoms with Crippen molar-refractivity contribution in [2.24, 2.45) is 0 Å². The molecule has 2 aromatic rings. The predicted octanol–water partition coefficient (Wildman–Crippen LogP) is 2.98. The average molecular weight is 322 g/mol. The third kappa shape index (κ3) is 2.98. The number of carbonyl (C=O) groups is 1. The Morgan fingerprint density at radius 1 is 0.875 bits per heavy atom. The smallest absolute Gasteiger partial charge is 0.272 e. The average Bonchev–Trinajstić information content (AvgIpc) is 3.35. The molecule has 0 atom stereocenters. The van der Waals surface area contributed by atoms with Gasteiger partial charge in [0, 0.05) is 37.8 Å². The Kier molecular flexibility index (Phi) is 4.15. The third-order valence-electron chi connectivity index (χ3n) is 4.79. The highest BCUT2D eigenvalue weighted by Gasteiger charge is 2.24. The Bertz CT molecular complexity index is 719. The summed E-state index contributed by atoms with van der Waals surface area (Å²) in [5.41, 5.74) is 1.47. The van der Waals surface area contributed by atoms with Crippen LogP contribution in [-0.4, -0.2) is 47.0 Å². The summed E-state index contributed by atoms with van der Waals surface area (Å²) < 4.78 is 0. The molecule has 0 radical (unpaired) electrons. The molecule has 1 amide bonds. The summed E-state index contributed by atoms with van der Waals surface area (Å²) in [4.78, 5) is 26.3. The SMILES string of the molecule is O=C(c1cc(N2CCCC2)nc(-c2ccccc2)n1)N1CCCC1. The van der Waals surface area contributed by atoms with Gasteiger partial charge in [-0.2, -0.15) is 0 Å². The van der Waals surface area contributed by atoms with Gasteiger partial charge in [0.2, 0.25) is 0 Å². The molecule has 2 saturated heterocycles. The molecule has 0 aliphatic carbocycles. The Hall–Kier alpha value is -2.43. The van der Waals surface area contributed by atoms with E-state index in [0.717, 1.165) is 50.4 Å². The number of rotatable bonds is 3. The molecule has 4 rings (SSSR count). The molecule has 2 fully saturated rings. The fourth-order valence-corrected chi connectivity index (χ4v) is 3.45. The number of aromatic nitrogens is 2. The van der Waals surface area contributed by atoms with Gasteiger partial charge < -0.3 is 9.80 Å². The number of nitrogens with zero attached hydrogens (tertiary/aromatic N) is 4. The van der Waals surface area contributed by atoms with Crippen LogP contribution in [-0.2, 0) is 0 Å². The summed E-state index contributed by atoms with van der Waals surface area (Å²) in [5.74, 6) is 1.55. The number of amides is 1. The molecule has 124 valence electrons. The minimum absolute atomic E-state index is 0.0347. The minimum atomic E-state index is 0.0347. The van der Waals surface area contributed by atoms with E-state index in [2.05, 4.69) is 9.88 Å². The van der Waals surface area contributed by atoms with Crippen molar-refractivity contribution in [3.8, 4) is 11.4 Å². The van der Waals surface area contributed by atoms with Crippen LogP contribution in [0.4, 0.5) is 5.82 Å². The molecule has 24 heavy (non-hydrogen) atoms. The molecule has 5 heteroatoms. The summed E-state index contributed by atoms with van der Waals surface area (Å²) in [6, 6.07) is 11.8. The Balaban J connectivity index is 1.74. The van der Waals surface area contributed by atoms with Gasteiger partial charge in [-0.15, -0.1) is 0 Å². The zero-order chi connectivity index (χ0) is 16.4. The van der Waals surface area contributed by atoms with E-state index in [-0.39, 0.29) is 5.91 Å². The monoisotopic (exact) mass is 322 g/mol. The second kappa shape index (κ2) is 6.59. The highest BCUT2D eigenvalue weighted by molar-refractivity contribution is 5.93. The van der Waals surface area contributed by atoms with Crippen LogP contribution in [0.2, 0.25) is 0 Å². The molecule has 0 bridgehead atoms. The van der Waals surface area contributed by atoms with Crippen molar-refractivity contribution < 1.29 is 4.79 Å². The van der Waals surface area contributed by atoms with Gasteiger partial charge in [0.05, 0.1) is 0 Å². The molecule has 1 aromatic carbocycles. The predicted molar refractivity (Wildman–Crippen MR) is 94.1 cm³/mol. The molecule has 0 saturated carbocycles. The Labute approximate surface area is 142 Å². The van der Waals surface area contributed by atoms with Gasteiger partial charge >= 0.3 is 0 Å². The lowest BCUT2D eigenvalue weighted by Crippen LogP contribution is -2.29. The van der Waals surface area contributed by atoms with E-state index >= 15 is 0 Å². The molecule has 3 heterocycles. The van der Waals surface area contributed by atoms with Crippen LogP contribution in [0.25, 0.3) is 11.4 Å². The molecular weight excluding hydrogens is 300 g/mol. The number of carbonyl (C=O) groups excluding carboxylic acids is 1. The van der Waals surface area contributed by atoms with Crippen molar-refractivity contribution in [2.45, 2.75) is 25.7 Å². The van der Waals surface area contributed by atoms with E-state index in [1.165, 1.54) is 12.8 Å². The van der Waals surface area contributed by atoms with Crippen molar-refractivity contribution in [2.75, 3.05) is 31.1 Å². The topological polar surface area (TPSA) is 49.3 Å². The zero-order valence-electron chi connectivity index (χ0n) is 13.8. The highest BCUT2D eigenvalue weighted by Crippen LogP contribution is 2.24. The lowest BCUT2D eigenvalue weighted by molar-refractivity contribution is 0.0787. The van der Waals surface area contributed by atoms with Crippen LogP contribution in [0.5, 0.6) is 0 Å². The molecule has 5 nitrogen and oxygen atoms in total. The lowest BCUT2D eigenvalue weighted by Gasteiger charge is -2.20. The molecule has 1 aromatic heterocycles. The van der Waals surface area contributed by atoms with E-state index in [1.54, 1.807) is 0 Å². The molecular formula is C19H22N4O. The number of hydrogen-bond donors (Lipinski definition) is 0. The number of hydrogen-bond acceptors (Lipinski definition) is 4. The Morgan fingerprint density at radius 3 is 2.25 bits per heavy atom. The van der Waals surface area contributed by atoms with Gasteiger partial charge in [0.25, 0.3) is 5.91 Å². The number of benzene rings is 1. The van der Waals surface area contributed by atoms with E-state index in [1.807, 2.05) is 41.3 Å². The van der Waals surface area contributed by atoms with E-state index in [9.17, 15) is 4.79 Å². The second-order valence-corrected chi connectivity index (χ2v) is 6.49. The summed E-state index contributed by atoms with van der Waals surface area (Å²) in [5, 5.41) is 0. The zero-order valence-corrected chi connectivity index (χ0v) is 13.8. The van der Waals surface area contributed by atoms with Crippen LogP contribution >= 0.6 is 0 Å². The van der Waals surface area contributed by atoms with Crippen LogP contribution < -0.4 is 4.90 Å². The van der Waals surface area contributed by atoms with Gasteiger partial charge in [-0.3, -0.25) is 4.79 Å². The van der Waals surface area contributed by atoms with Crippen molar-refractivity contribution in [3.05, 3.63) is 42.1 Å². The molecule has 2 aliphatic heterocycles. The molecule has 0 N–H and O–H groups in total. The normalized spacial score (nSPS) is 17.5. The van der Waals surface area contributed by atoms with Crippen LogP contribution in [0.3, 0.4) is 0 Å².